The molecule has 3 nitrogen and oxygen atoms in total. The lowest BCUT2D eigenvalue weighted by Crippen LogP contribution is -2.41. The third kappa shape index (κ3) is 4.63. The molecule has 0 radical (unpaired) electrons. The molecule has 2 unspecified atom stereocenters. The van der Waals surface area contributed by atoms with E-state index in [9.17, 15) is 0 Å². The number of rotatable bonds is 7. The minimum absolute atomic E-state index is 0.183. The van der Waals surface area contributed by atoms with E-state index in [0.717, 1.165) is 24.0 Å². The van der Waals surface area contributed by atoms with Crippen molar-refractivity contribution in [2.24, 2.45) is 5.73 Å². The Bertz CT molecular complexity index is 354. The average Bonchev–Trinajstić information content (AvgIpc) is 2.73. The molecule has 5 heteroatoms. The van der Waals surface area contributed by atoms with E-state index in [0.29, 0.717) is 6.04 Å². The lowest BCUT2D eigenvalue weighted by atomic mass is 10.0. The summed E-state index contributed by atoms with van der Waals surface area (Å²) in [6.07, 6.45) is 0.993. The molecule has 1 aromatic heterocycles. The average molecular weight is 334 g/mol. The van der Waals surface area contributed by atoms with Crippen molar-refractivity contribution < 1.29 is 0 Å². The molecule has 0 saturated carbocycles. The fourth-order valence-corrected chi connectivity index (χ4v) is 3.64. The van der Waals surface area contributed by atoms with Crippen molar-refractivity contribution in [3.05, 3.63) is 20.8 Å². The van der Waals surface area contributed by atoms with E-state index in [4.69, 9.17) is 5.73 Å². The summed E-state index contributed by atoms with van der Waals surface area (Å²) in [4.78, 5) is 5.92. The molecule has 104 valence electrons. The number of halogens is 1. The van der Waals surface area contributed by atoms with Crippen molar-refractivity contribution in [2.45, 2.75) is 25.4 Å². The van der Waals surface area contributed by atoms with E-state index in [1.807, 2.05) is 0 Å². The predicted octanol–water partition coefficient (Wildman–Crippen LogP) is 2.78. The summed E-state index contributed by atoms with van der Waals surface area (Å²) >= 11 is 5.31. The van der Waals surface area contributed by atoms with Crippen molar-refractivity contribution in [1.82, 2.24) is 9.80 Å². The van der Waals surface area contributed by atoms with Gasteiger partial charge in [0.2, 0.25) is 0 Å². The topological polar surface area (TPSA) is 32.5 Å². The van der Waals surface area contributed by atoms with Gasteiger partial charge in [-0.1, -0.05) is 6.92 Å². The molecule has 0 amide bonds. The quantitative estimate of drug-likeness (QED) is 0.832. The Labute approximate surface area is 123 Å². The lowest BCUT2D eigenvalue weighted by molar-refractivity contribution is 0.194. The van der Waals surface area contributed by atoms with Crippen LogP contribution in [0, 0.1) is 0 Å². The summed E-state index contributed by atoms with van der Waals surface area (Å²) in [5.74, 6) is 0. The van der Waals surface area contributed by atoms with E-state index >= 15 is 0 Å². The van der Waals surface area contributed by atoms with Crippen LogP contribution in [0.3, 0.4) is 0 Å². The van der Waals surface area contributed by atoms with E-state index in [1.165, 1.54) is 4.88 Å². The van der Waals surface area contributed by atoms with Crippen molar-refractivity contribution in [2.75, 3.05) is 34.2 Å². The molecule has 2 N–H and O–H groups in total. The van der Waals surface area contributed by atoms with Crippen LogP contribution >= 0.6 is 27.3 Å². The normalized spacial score (nSPS) is 15.3. The van der Waals surface area contributed by atoms with Gasteiger partial charge in [0.05, 0.1) is 6.04 Å². The molecule has 0 spiro atoms. The van der Waals surface area contributed by atoms with Gasteiger partial charge >= 0.3 is 0 Å². The second-order valence-electron chi connectivity index (χ2n) is 4.97. The Morgan fingerprint density at radius 3 is 2.44 bits per heavy atom. The van der Waals surface area contributed by atoms with Gasteiger partial charge in [0.15, 0.2) is 0 Å². The highest BCUT2D eigenvalue weighted by molar-refractivity contribution is 9.10. The number of hydrogen-bond acceptors (Lipinski definition) is 4. The lowest BCUT2D eigenvalue weighted by Gasteiger charge is -2.32. The number of thiophene rings is 1. The minimum atomic E-state index is 0.183. The van der Waals surface area contributed by atoms with Gasteiger partial charge in [-0.3, -0.25) is 4.90 Å². The van der Waals surface area contributed by atoms with Crippen LogP contribution < -0.4 is 5.73 Å². The van der Waals surface area contributed by atoms with E-state index in [2.05, 4.69) is 65.2 Å². The molecular weight excluding hydrogens is 310 g/mol. The van der Waals surface area contributed by atoms with E-state index < -0.39 is 0 Å². The van der Waals surface area contributed by atoms with Crippen LogP contribution in [-0.2, 0) is 0 Å². The summed E-state index contributed by atoms with van der Waals surface area (Å²) in [7, 11) is 6.37. The second-order valence-corrected chi connectivity index (χ2v) is 6.83. The maximum Gasteiger partial charge on any atom is 0.0591 e. The van der Waals surface area contributed by atoms with Crippen molar-refractivity contribution in [3.8, 4) is 0 Å². The molecule has 1 rings (SSSR count). The molecule has 0 aromatic carbocycles. The van der Waals surface area contributed by atoms with Gasteiger partial charge in [0, 0.05) is 33.9 Å². The standard InChI is InChI=1S/C13H24BrN3S/c1-5-11(15)13(12-8-10(14)9-18-12)17(4)7-6-16(2)3/h8-9,11,13H,5-7,15H2,1-4H3. The Morgan fingerprint density at radius 2 is 2.00 bits per heavy atom. The first-order valence-corrected chi connectivity index (χ1v) is 7.97. The second kappa shape index (κ2) is 7.60. The zero-order valence-electron chi connectivity index (χ0n) is 11.7. The van der Waals surface area contributed by atoms with Crippen LogP contribution in [0.2, 0.25) is 0 Å². The van der Waals surface area contributed by atoms with Crippen LogP contribution in [0.15, 0.2) is 15.9 Å². The third-order valence-corrected chi connectivity index (χ3v) is 4.90. The number of likely N-dealkylation sites (N-methyl/N-ethyl adjacent to an activating group) is 2. The van der Waals surface area contributed by atoms with Crippen LogP contribution in [0.4, 0.5) is 0 Å². The Balaban J connectivity index is 2.78. The van der Waals surface area contributed by atoms with Crippen LogP contribution in [0.25, 0.3) is 0 Å². The van der Waals surface area contributed by atoms with Gasteiger partial charge in [-0.05, 0) is 49.6 Å². The minimum Gasteiger partial charge on any atom is -0.326 e. The van der Waals surface area contributed by atoms with Gasteiger partial charge in [0.25, 0.3) is 0 Å². The first kappa shape index (κ1) is 16.1. The Hall–Kier alpha value is 0.0600. The molecule has 0 fully saturated rings. The SMILES string of the molecule is CCC(N)C(c1cc(Br)cs1)N(C)CCN(C)C. The van der Waals surface area contributed by atoms with Gasteiger partial charge < -0.3 is 10.6 Å². The fourth-order valence-electron chi connectivity index (χ4n) is 1.96. The highest BCUT2D eigenvalue weighted by Crippen LogP contribution is 2.31. The number of hydrogen-bond donors (Lipinski definition) is 1. The van der Waals surface area contributed by atoms with E-state index in [1.54, 1.807) is 11.3 Å². The molecule has 0 aliphatic rings. The molecule has 1 aromatic rings. The van der Waals surface area contributed by atoms with Crippen LogP contribution in [0.5, 0.6) is 0 Å². The molecule has 2 atom stereocenters. The van der Waals surface area contributed by atoms with E-state index in [-0.39, 0.29) is 6.04 Å². The molecule has 0 aliphatic carbocycles. The summed E-state index contributed by atoms with van der Waals surface area (Å²) in [6, 6.07) is 2.69. The molecule has 0 aliphatic heterocycles. The summed E-state index contributed by atoms with van der Waals surface area (Å²) in [6.45, 7) is 4.23. The summed E-state index contributed by atoms with van der Waals surface area (Å²) in [5, 5.41) is 2.13. The smallest absolute Gasteiger partial charge is 0.0591 e. The monoisotopic (exact) mass is 333 g/mol. The largest absolute Gasteiger partial charge is 0.326 e. The highest BCUT2D eigenvalue weighted by Gasteiger charge is 2.24. The first-order chi connectivity index (χ1) is 8.45. The maximum absolute atomic E-state index is 6.30. The summed E-state index contributed by atoms with van der Waals surface area (Å²) < 4.78 is 1.15. The van der Waals surface area contributed by atoms with Gasteiger partial charge in [0.1, 0.15) is 0 Å². The number of nitrogens with zero attached hydrogens (tertiary/aromatic N) is 2. The molecule has 0 bridgehead atoms. The Kier molecular flexibility index (Phi) is 6.81. The van der Waals surface area contributed by atoms with Gasteiger partial charge in [-0.25, -0.2) is 0 Å². The first-order valence-electron chi connectivity index (χ1n) is 6.30. The van der Waals surface area contributed by atoms with Gasteiger partial charge in [-0.2, -0.15) is 0 Å². The third-order valence-electron chi connectivity index (χ3n) is 3.13. The molecule has 1 heterocycles. The highest BCUT2D eigenvalue weighted by atomic mass is 79.9. The maximum atomic E-state index is 6.30. The van der Waals surface area contributed by atoms with Gasteiger partial charge in [-0.15, -0.1) is 11.3 Å². The molecule has 0 saturated heterocycles. The molecular formula is C13H24BrN3S. The zero-order chi connectivity index (χ0) is 13.7. The van der Waals surface area contributed by atoms with Crippen molar-refractivity contribution in [1.29, 1.82) is 0 Å². The predicted molar refractivity (Wildman–Crippen MR) is 84.2 cm³/mol. The summed E-state index contributed by atoms with van der Waals surface area (Å²) in [5.41, 5.74) is 6.30. The fraction of sp³-hybridized carbons (Fsp3) is 0.692. The van der Waals surface area contributed by atoms with Crippen molar-refractivity contribution in [3.63, 3.8) is 0 Å². The number of nitrogens with two attached hydrogens (primary N) is 1. The molecule has 18 heavy (non-hydrogen) atoms. The Morgan fingerprint density at radius 1 is 1.33 bits per heavy atom. The zero-order valence-corrected chi connectivity index (χ0v) is 14.1. The van der Waals surface area contributed by atoms with Crippen LogP contribution in [0.1, 0.15) is 24.3 Å². The van der Waals surface area contributed by atoms with Crippen LogP contribution in [-0.4, -0.2) is 50.1 Å². The van der Waals surface area contributed by atoms with Crippen molar-refractivity contribution >= 4 is 27.3 Å².